The van der Waals surface area contributed by atoms with E-state index < -0.39 is 36.9 Å². The minimum absolute atomic E-state index is 0.376. The van der Waals surface area contributed by atoms with Crippen molar-refractivity contribution in [2.75, 3.05) is 13.2 Å². The van der Waals surface area contributed by atoms with Crippen LogP contribution in [0.4, 0.5) is 0 Å². The van der Waals surface area contributed by atoms with Gasteiger partial charge in [-0.25, -0.2) is 9.59 Å². The molecule has 3 atom stereocenters. The van der Waals surface area contributed by atoms with Crippen LogP contribution in [0.5, 0.6) is 0 Å². The standard InChI is InChI=1S/C9H16O7/c1-5(11)8(13)15-4-7(3-10)16-9(14)6(2)12/h5-7,10-12H,3-4H2,1-2H3/t5-,6-,7?/m0/s1. The molecule has 0 rings (SSSR count). The van der Waals surface area contributed by atoms with Crippen molar-refractivity contribution in [2.24, 2.45) is 0 Å². The van der Waals surface area contributed by atoms with E-state index in [0.29, 0.717) is 0 Å². The molecule has 0 saturated carbocycles. The quantitative estimate of drug-likeness (QED) is 0.466. The third kappa shape index (κ3) is 5.64. The molecule has 16 heavy (non-hydrogen) atoms. The second-order valence-corrected chi connectivity index (χ2v) is 3.22. The van der Waals surface area contributed by atoms with E-state index in [-0.39, 0.29) is 6.61 Å². The maximum absolute atomic E-state index is 10.9. The van der Waals surface area contributed by atoms with Gasteiger partial charge in [-0.1, -0.05) is 0 Å². The van der Waals surface area contributed by atoms with Crippen LogP contribution in [0.15, 0.2) is 0 Å². The summed E-state index contributed by atoms with van der Waals surface area (Å²) in [6.07, 6.45) is -3.65. The van der Waals surface area contributed by atoms with Crippen molar-refractivity contribution in [2.45, 2.75) is 32.2 Å². The van der Waals surface area contributed by atoms with Crippen LogP contribution in [0.2, 0.25) is 0 Å². The van der Waals surface area contributed by atoms with E-state index in [1.165, 1.54) is 13.8 Å². The number of ether oxygens (including phenoxy) is 2. The fourth-order valence-corrected chi connectivity index (χ4v) is 0.682. The number of hydrogen-bond donors (Lipinski definition) is 3. The van der Waals surface area contributed by atoms with Crippen molar-refractivity contribution in [3.8, 4) is 0 Å². The van der Waals surface area contributed by atoms with Gasteiger partial charge in [-0.2, -0.15) is 0 Å². The molecule has 3 N–H and O–H groups in total. The number of hydrogen-bond acceptors (Lipinski definition) is 7. The lowest BCUT2D eigenvalue weighted by Gasteiger charge is -2.16. The summed E-state index contributed by atoms with van der Waals surface area (Å²) < 4.78 is 9.12. The van der Waals surface area contributed by atoms with Crippen LogP contribution in [-0.2, 0) is 19.1 Å². The summed E-state index contributed by atoms with van der Waals surface area (Å²) >= 11 is 0. The Morgan fingerprint density at radius 3 is 2.00 bits per heavy atom. The van der Waals surface area contributed by atoms with Crippen LogP contribution in [0.3, 0.4) is 0 Å². The predicted molar refractivity (Wildman–Crippen MR) is 51.3 cm³/mol. The van der Waals surface area contributed by atoms with Crippen LogP contribution in [0, 0.1) is 0 Å². The van der Waals surface area contributed by atoms with Gasteiger partial charge in [0.1, 0.15) is 18.8 Å². The highest BCUT2D eigenvalue weighted by Gasteiger charge is 2.20. The zero-order chi connectivity index (χ0) is 12.7. The Kier molecular flexibility index (Phi) is 6.63. The van der Waals surface area contributed by atoms with Gasteiger partial charge in [-0.3, -0.25) is 0 Å². The lowest BCUT2D eigenvalue weighted by Crippen LogP contribution is -2.33. The van der Waals surface area contributed by atoms with Crippen LogP contribution < -0.4 is 0 Å². The molecule has 0 aliphatic heterocycles. The number of carbonyl (C=O) groups is 2. The van der Waals surface area contributed by atoms with Crippen LogP contribution in [0.25, 0.3) is 0 Å². The zero-order valence-electron chi connectivity index (χ0n) is 9.12. The van der Waals surface area contributed by atoms with E-state index in [1.807, 2.05) is 0 Å². The molecule has 94 valence electrons. The molecule has 0 spiro atoms. The van der Waals surface area contributed by atoms with E-state index in [0.717, 1.165) is 0 Å². The van der Waals surface area contributed by atoms with Gasteiger partial charge in [0.05, 0.1) is 6.61 Å². The first-order chi connectivity index (χ1) is 7.38. The summed E-state index contributed by atoms with van der Waals surface area (Å²) in [6.45, 7) is 1.50. The molecule has 0 heterocycles. The Morgan fingerprint density at radius 1 is 1.12 bits per heavy atom. The van der Waals surface area contributed by atoms with Crippen LogP contribution in [0.1, 0.15) is 13.8 Å². The van der Waals surface area contributed by atoms with Crippen molar-refractivity contribution in [1.29, 1.82) is 0 Å². The average Bonchev–Trinajstić information content (AvgIpc) is 2.22. The maximum Gasteiger partial charge on any atom is 0.335 e. The summed E-state index contributed by atoms with van der Waals surface area (Å²) in [6, 6.07) is 0. The molecular weight excluding hydrogens is 220 g/mol. The molecule has 0 bridgehead atoms. The fourth-order valence-electron chi connectivity index (χ4n) is 0.682. The van der Waals surface area contributed by atoms with Gasteiger partial charge in [0.15, 0.2) is 6.10 Å². The smallest absolute Gasteiger partial charge is 0.335 e. The minimum Gasteiger partial charge on any atom is -0.460 e. The van der Waals surface area contributed by atoms with Gasteiger partial charge >= 0.3 is 11.9 Å². The Balaban J connectivity index is 4.02. The summed E-state index contributed by atoms with van der Waals surface area (Å²) in [4.78, 5) is 21.8. The predicted octanol–water partition coefficient (Wildman–Crippen LogP) is -1.80. The van der Waals surface area contributed by atoms with Crippen molar-refractivity contribution < 1.29 is 34.4 Å². The summed E-state index contributed by atoms with van der Waals surface area (Å²) in [5.74, 6) is -1.81. The highest BCUT2D eigenvalue weighted by Crippen LogP contribution is 1.98. The Labute approximate surface area is 92.6 Å². The number of rotatable bonds is 6. The minimum atomic E-state index is -1.32. The van der Waals surface area contributed by atoms with Crippen LogP contribution >= 0.6 is 0 Å². The third-order valence-electron chi connectivity index (χ3n) is 1.58. The van der Waals surface area contributed by atoms with Crippen molar-refractivity contribution in [3.63, 3.8) is 0 Å². The molecule has 0 aliphatic rings. The molecule has 0 radical (unpaired) electrons. The van der Waals surface area contributed by atoms with Crippen molar-refractivity contribution >= 4 is 11.9 Å². The van der Waals surface area contributed by atoms with Crippen molar-refractivity contribution in [3.05, 3.63) is 0 Å². The molecule has 1 unspecified atom stereocenters. The molecule has 0 fully saturated rings. The lowest BCUT2D eigenvalue weighted by molar-refractivity contribution is -0.170. The van der Waals surface area contributed by atoms with Gasteiger partial charge in [0.25, 0.3) is 0 Å². The molecule has 7 heteroatoms. The molecule has 0 aromatic rings. The molecular formula is C9H16O7. The first-order valence-corrected chi connectivity index (χ1v) is 4.72. The van der Waals surface area contributed by atoms with Gasteiger partial charge in [-0.05, 0) is 13.8 Å². The van der Waals surface area contributed by atoms with Gasteiger partial charge in [0.2, 0.25) is 0 Å². The van der Waals surface area contributed by atoms with E-state index in [1.54, 1.807) is 0 Å². The number of aliphatic hydroxyl groups excluding tert-OH is 3. The SMILES string of the molecule is C[C@H](O)C(=O)OCC(CO)OC(=O)[C@H](C)O. The molecule has 0 aromatic carbocycles. The van der Waals surface area contributed by atoms with E-state index >= 15 is 0 Å². The first kappa shape index (κ1) is 14.8. The van der Waals surface area contributed by atoms with E-state index in [9.17, 15) is 9.59 Å². The number of esters is 2. The zero-order valence-corrected chi connectivity index (χ0v) is 9.12. The van der Waals surface area contributed by atoms with Gasteiger partial charge in [-0.15, -0.1) is 0 Å². The largest absolute Gasteiger partial charge is 0.460 e. The molecule has 7 nitrogen and oxygen atoms in total. The average molecular weight is 236 g/mol. The number of carbonyl (C=O) groups excluding carboxylic acids is 2. The second kappa shape index (κ2) is 7.15. The number of aliphatic hydroxyl groups is 3. The topological polar surface area (TPSA) is 113 Å². The Hall–Kier alpha value is -1.18. The Bertz CT molecular complexity index is 236. The molecule has 0 amide bonds. The summed E-state index contributed by atoms with van der Waals surface area (Å²) in [5.41, 5.74) is 0. The normalized spacial score (nSPS) is 16.1. The maximum atomic E-state index is 10.9. The van der Waals surface area contributed by atoms with Gasteiger partial charge in [0, 0.05) is 0 Å². The molecule has 0 saturated heterocycles. The monoisotopic (exact) mass is 236 g/mol. The van der Waals surface area contributed by atoms with E-state index in [4.69, 9.17) is 15.3 Å². The highest BCUT2D eigenvalue weighted by atomic mass is 16.6. The highest BCUT2D eigenvalue weighted by molar-refractivity contribution is 5.74. The second-order valence-electron chi connectivity index (χ2n) is 3.22. The summed E-state index contributed by atoms with van der Waals surface area (Å²) in [7, 11) is 0. The fraction of sp³-hybridized carbons (Fsp3) is 0.778. The third-order valence-corrected chi connectivity index (χ3v) is 1.58. The van der Waals surface area contributed by atoms with Crippen LogP contribution in [-0.4, -0.2) is 58.8 Å². The van der Waals surface area contributed by atoms with E-state index in [2.05, 4.69) is 9.47 Å². The van der Waals surface area contributed by atoms with Crippen molar-refractivity contribution in [1.82, 2.24) is 0 Å². The molecule has 0 aliphatic carbocycles. The summed E-state index contributed by atoms with van der Waals surface area (Å²) in [5, 5.41) is 26.4. The molecule has 0 aromatic heterocycles. The lowest BCUT2D eigenvalue weighted by atomic mass is 10.3. The Morgan fingerprint density at radius 2 is 1.62 bits per heavy atom. The first-order valence-electron chi connectivity index (χ1n) is 4.72. The van der Waals surface area contributed by atoms with Gasteiger partial charge < -0.3 is 24.8 Å².